The second kappa shape index (κ2) is 4.42. The Bertz CT molecular complexity index is 440. The molecule has 0 aliphatic heterocycles. The van der Waals surface area contributed by atoms with Crippen LogP contribution >= 0.6 is 0 Å². The summed E-state index contributed by atoms with van der Waals surface area (Å²) in [6.45, 7) is 0.369. The lowest BCUT2D eigenvalue weighted by molar-refractivity contribution is -0.137. The summed E-state index contributed by atoms with van der Waals surface area (Å²) in [6, 6.07) is 2.39. The zero-order valence-corrected chi connectivity index (χ0v) is 9.52. The molecule has 0 unspecified atom stereocenters. The molecule has 0 radical (unpaired) electrons. The molecule has 2 rings (SSSR count). The largest absolute Gasteiger partial charge is 0.416 e. The molecule has 2 N–H and O–H groups in total. The molecule has 1 aliphatic rings. The van der Waals surface area contributed by atoms with Crippen molar-refractivity contribution in [2.45, 2.75) is 19.0 Å². The lowest BCUT2D eigenvalue weighted by atomic mass is 10.1. The molecule has 0 heterocycles. The summed E-state index contributed by atoms with van der Waals surface area (Å²) >= 11 is 0. The van der Waals surface area contributed by atoms with Crippen LogP contribution in [-0.4, -0.2) is 18.3 Å². The van der Waals surface area contributed by atoms with Gasteiger partial charge in [0.1, 0.15) is 5.82 Å². The van der Waals surface area contributed by atoms with E-state index in [-0.39, 0.29) is 17.7 Å². The van der Waals surface area contributed by atoms with E-state index in [1.165, 1.54) is 0 Å². The van der Waals surface area contributed by atoms with Crippen LogP contribution in [0.3, 0.4) is 0 Å². The molecule has 1 saturated carbocycles. The number of nitrogens with one attached hydrogen (secondary N) is 1. The number of halogens is 4. The molecule has 0 atom stereocenters. The highest BCUT2D eigenvalue weighted by molar-refractivity contribution is 5.47. The molecular weight excluding hydrogens is 250 g/mol. The van der Waals surface area contributed by atoms with Gasteiger partial charge in [-0.1, -0.05) is 0 Å². The van der Waals surface area contributed by atoms with Crippen molar-refractivity contribution in [2.24, 2.45) is 5.41 Å². The first kappa shape index (κ1) is 13.1. The van der Waals surface area contributed by atoms with Crippen LogP contribution in [0, 0.1) is 11.2 Å². The lowest BCUT2D eigenvalue weighted by Crippen LogP contribution is -2.19. The van der Waals surface area contributed by atoms with Gasteiger partial charge in [-0.15, -0.1) is 0 Å². The summed E-state index contributed by atoms with van der Waals surface area (Å²) in [7, 11) is 0. The predicted molar refractivity (Wildman–Crippen MR) is 58.6 cm³/mol. The molecular formula is C12H13F4NO. The molecule has 1 aliphatic carbocycles. The number of anilines is 1. The first-order chi connectivity index (χ1) is 8.36. The normalized spacial score (nSPS) is 17.6. The molecule has 1 aromatic rings. The van der Waals surface area contributed by atoms with Gasteiger partial charge in [0.2, 0.25) is 0 Å². The Hall–Kier alpha value is -1.30. The van der Waals surface area contributed by atoms with E-state index in [1.54, 1.807) is 0 Å². The predicted octanol–water partition coefficient (Wildman–Crippen LogP) is 3.03. The Morgan fingerprint density at radius 3 is 2.39 bits per heavy atom. The molecule has 0 amide bonds. The number of benzene rings is 1. The zero-order chi connectivity index (χ0) is 13.4. The van der Waals surface area contributed by atoms with Crippen molar-refractivity contribution in [1.82, 2.24) is 0 Å². The smallest absolute Gasteiger partial charge is 0.396 e. The zero-order valence-electron chi connectivity index (χ0n) is 9.52. The maximum Gasteiger partial charge on any atom is 0.416 e. The van der Waals surface area contributed by atoms with E-state index in [0.717, 1.165) is 25.0 Å². The first-order valence-corrected chi connectivity index (χ1v) is 5.58. The Balaban J connectivity index is 2.06. The molecule has 0 spiro atoms. The van der Waals surface area contributed by atoms with E-state index in [9.17, 15) is 17.6 Å². The van der Waals surface area contributed by atoms with Crippen LogP contribution in [0.15, 0.2) is 18.2 Å². The molecule has 100 valence electrons. The van der Waals surface area contributed by atoms with Crippen LogP contribution in [0.5, 0.6) is 0 Å². The molecule has 0 saturated heterocycles. The average molecular weight is 263 g/mol. The van der Waals surface area contributed by atoms with Crippen molar-refractivity contribution in [3.05, 3.63) is 29.6 Å². The van der Waals surface area contributed by atoms with Crippen LogP contribution in [0.1, 0.15) is 18.4 Å². The third kappa shape index (κ3) is 2.75. The van der Waals surface area contributed by atoms with Gasteiger partial charge in [0.15, 0.2) is 0 Å². The molecule has 2 nitrogen and oxygen atoms in total. The topological polar surface area (TPSA) is 32.3 Å². The van der Waals surface area contributed by atoms with Gasteiger partial charge in [-0.25, -0.2) is 4.39 Å². The monoisotopic (exact) mass is 263 g/mol. The third-order valence-corrected chi connectivity index (χ3v) is 3.24. The molecule has 0 aromatic heterocycles. The van der Waals surface area contributed by atoms with Crippen molar-refractivity contribution < 1.29 is 22.7 Å². The van der Waals surface area contributed by atoms with Gasteiger partial charge in [0, 0.05) is 12.0 Å². The maximum atomic E-state index is 13.5. The van der Waals surface area contributed by atoms with Gasteiger partial charge in [-0.3, -0.25) is 0 Å². The van der Waals surface area contributed by atoms with Gasteiger partial charge in [0.05, 0.1) is 17.9 Å². The Labute approximate surface area is 102 Å². The van der Waals surface area contributed by atoms with Crippen molar-refractivity contribution >= 4 is 5.69 Å². The summed E-state index contributed by atoms with van der Waals surface area (Å²) in [5.41, 5.74) is -1.20. The summed E-state index contributed by atoms with van der Waals surface area (Å²) in [6.07, 6.45) is -2.85. The molecule has 1 aromatic carbocycles. The second-order valence-corrected chi connectivity index (χ2v) is 4.70. The van der Waals surface area contributed by atoms with Gasteiger partial charge in [0.25, 0.3) is 0 Å². The SMILES string of the molecule is OCC1(CNc2ccc(C(F)(F)F)cc2F)CC1. The fourth-order valence-corrected chi connectivity index (χ4v) is 1.69. The van der Waals surface area contributed by atoms with Gasteiger partial charge in [-0.05, 0) is 31.0 Å². The minimum atomic E-state index is -4.54. The van der Waals surface area contributed by atoms with Crippen LogP contribution in [0.4, 0.5) is 23.2 Å². The summed E-state index contributed by atoms with van der Waals surface area (Å²) in [5, 5.41) is 11.8. The molecule has 18 heavy (non-hydrogen) atoms. The van der Waals surface area contributed by atoms with Crippen molar-refractivity contribution in [2.75, 3.05) is 18.5 Å². The maximum absolute atomic E-state index is 13.5. The Morgan fingerprint density at radius 1 is 1.28 bits per heavy atom. The van der Waals surface area contributed by atoms with Crippen molar-refractivity contribution in [1.29, 1.82) is 0 Å². The van der Waals surface area contributed by atoms with Crippen LogP contribution in [0.2, 0.25) is 0 Å². The second-order valence-electron chi connectivity index (χ2n) is 4.70. The van der Waals surface area contributed by atoms with Gasteiger partial charge < -0.3 is 10.4 Å². The average Bonchev–Trinajstić information content (AvgIpc) is 3.07. The van der Waals surface area contributed by atoms with Crippen molar-refractivity contribution in [3.63, 3.8) is 0 Å². The number of hydrogen-bond acceptors (Lipinski definition) is 2. The van der Waals surface area contributed by atoms with E-state index in [4.69, 9.17) is 5.11 Å². The van der Waals surface area contributed by atoms with Crippen LogP contribution < -0.4 is 5.32 Å². The van der Waals surface area contributed by atoms with E-state index in [0.29, 0.717) is 12.6 Å². The quantitative estimate of drug-likeness (QED) is 0.818. The summed E-state index contributed by atoms with van der Waals surface area (Å²) < 4.78 is 50.4. The van der Waals surface area contributed by atoms with Gasteiger partial charge in [-0.2, -0.15) is 13.2 Å². The Morgan fingerprint density at radius 2 is 1.94 bits per heavy atom. The highest BCUT2D eigenvalue weighted by atomic mass is 19.4. The number of hydrogen-bond donors (Lipinski definition) is 2. The molecule has 0 bridgehead atoms. The number of alkyl halides is 3. The minimum absolute atomic E-state index is 0.00224. The Kier molecular flexibility index (Phi) is 3.23. The van der Waals surface area contributed by atoms with E-state index < -0.39 is 17.6 Å². The van der Waals surface area contributed by atoms with Crippen molar-refractivity contribution in [3.8, 4) is 0 Å². The fraction of sp³-hybridized carbons (Fsp3) is 0.500. The first-order valence-electron chi connectivity index (χ1n) is 5.58. The number of aliphatic hydroxyl groups is 1. The highest BCUT2D eigenvalue weighted by Crippen LogP contribution is 2.45. The molecule has 6 heteroatoms. The highest BCUT2D eigenvalue weighted by Gasteiger charge is 2.41. The molecule has 1 fully saturated rings. The minimum Gasteiger partial charge on any atom is -0.396 e. The van der Waals surface area contributed by atoms with E-state index in [1.807, 2.05) is 0 Å². The summed E-state index contributed by atoms with van der Waals surface area (Å²) in [4.78, 5) is 0. The van der Waals surface area contributed by atoms with Crippen LogP contribution in [-0.2, 0) is 6.18 Å². The van der Waals surface area contributed by atoms with E-state index >= 15 is 0 Å². The van der Waals surface area contributed by atoms with Crippen LogP contribution in [0.25, 0.3) is 0 Å². The number of rotatable bonds is 4. The summed E-state index contributed by atoms with van der Waals surface area (Å²) in [5.74, 6) is -0.932. The van der Waals surface area contributed by atoms with Gasteiger partial charge >= 0.3 is 6.18 Å². The van der Waals surface area contributed by atoms with E-state index in [2.05, 4.69) is 5.32 Å². The number of aliphatic hydroxyl groups excluding tert-OH is 1. The lowest BCUT2D eigenvalue weighted by Gasteiger charge is -2.15. The fourth-order valence-electron chi connectivity index (χ4n) is 1.69. The third-order valence-electron chi connectivity index (χ3n) is 3.24. The standard InChI is InChI=1S/C12H13F4NO/c13-9-5-8(12(14,15)16)1-2-10(9)17-6-11(7-18)3-4-11/h1-2,5,17-18H,3-4,6-7H2.